The smallest absolute Gasteiger partial charge is 0.410 e. The molecular formula is C20H28N4O5. The van der Waals surface area contributed by atoms with Gasteiger partial charge in [-0.15, -0.1) is 0 Å². The number of carbonyl (C=O) groups excluding carboxylic acids is 2. The molecule has 158 valence electrons. The van der Waals surface area contributed by atoms with E-state index in [2.05, 4.69) is 10.3 Å². The topological polar surface area (TPSA) is 105 Å². The number of carbonyl (C=O) groups is 2. The summed E-state index contributed by atoms with van der Waals surface area (Å²) in [6.07, 6.45) is 0.343. The second-order valence-corrected chi connectivity index (χ2v) is 8.08. The first kappa shape index (κ1) is 20.9. The van der Waals surface area contributed by atoms with Crippen molar-refractivity contribution in [3.63, 3.8) is 0 Å². The molecule has 0 aromatic carbocycles. The van der Waals surface area contributed by atoms with Crippen molar-refractivity contribution < 1.29 is 24.2 Å². The number of likely N-dealkylation sites (tertiary alicyclic amines) is 1. The highest BCUT2D eigenvalue weighted by atomic mass is 16.6. The van der Waals surface area contributed by atoms with Crippen LogP contribution in [0.25, 0.3) is 5.65 Å². The average molecular weight is 404 g/mol. The zero-order valence-corrected chi connectivity index (χ0v) is 17.4. The first-order valence-electron chi connectivity index (χ1n) is 9.68. The molecular weight excluding hydrogens is 376 g/mol. The largest absolute Gasteiger partial charge is 0.490 e. The number of hydrogen-bond acceptors (Lipinski definition) is 6. The molecule has 2 unspecified atom stereocenters. The average Bonchev–Trinajstić information content (AvgIpc) is 3.14. The number of nitrogens with zero attached hydrogens (tertiary/aromatic N) is 3. The van der Waals surface area contributed by atoms with Crippen molar-refractivity contribution >= 4 is 17.6 Å². The van der Waals surface area contributed by atoms with Gasteiger partial charge in [-0.05, 0) is 46.8 Å². The predicted molar refractivity (Wildman–Crippen MR) is 106 cm³/mol. The van der Waals surface area contributed by atoms with Gasteiger partial charge in [0.05, 0.1) is 31.0 Å². The number of β-amino-alcohol motifs (C(OH)–C–C–N with tert-alkyl or cyclic N) is 1. The van der Waals surface area contributed by atoms with Gasteiger partial charge in [-0.1, -0.05) is 0 Å². The molecule has 1 aliphatic heterocycles. The summed E-state index contributed by atoms with van der Waals surface area (Å²) in [5.41, 5.74) is 0.838. The Morgan fingerprint density at radius 2 is 2.07 bits per heavy atom. The maximum atomic E-state index is 13.0. The van der Waals surface area contributed by atoms with Gasteiger partial charge in [0, 0.05) is 12.7 Å². The quantitative estimate of drug-likeness (QED) is 0.804. The van der Waals surface area contributed by atoms with Crippen LogP contribution in [0.3, 0.4) is 0 Å². The van der Waals surface area contributed by atoms with Crippen LogP contribution in [0.1, 0.15) is 43.9 Å². The van der Waals surface area contributed by atoms with Gasteiger partial charge in [-0.2, -0.15) is 0 Å². The van der Waals surface area contributed by atoms with E-state index in [0.29, 0.717) is 29.4 Å². The lowest BCUT2D eigenvalue weighted by molar-refractivity contribution is 0.0269. The molecule has 3 rings (SSSR count). The van der Waals surface area contributed by atoms with E-state index in [1.54, 1.807) is 50.4 Å². The van der Waals surface area contributed by atoms with E-state index in [9.17, 15) is 14.7 Å². The number of aliphatic hydroxyl groups is 1. The van der Waals surface area contributed by atoms with E-state index in [1.165, 1.54) is 4.90 Å². The summed E-state index contributed by atoms with van der Waals surface area (Å²) in [7, 11) is 0. The highest BCUT2D eigenvalue weighted by Crippen LogP contribution is 2.23. The minimum atomic E-state index is -0.884. The second-order valence-electron chi connectivity index (χ2n) is 8.08. The Morgan fingerprint density at radius 1 is 1.34 bits per heavy atom. The number of pyridine rings is 1. The van der Waals surface area contributed by atoms with Gasteiger partial charge in [-0.25, -0.2) is 9.78 Å². The number of rotatable bonds is 4. The van der Waals surface area contributed by atoms with Crippen LogP contribution >= 0.6 is 0 Å². The number of hydrogen-bond donors (Lipinski definition) is 2. The van der Waals surface area contributed by atoms with E-state index in [1.807, 2.05) is 6.92 Å². The van der Waals surface area contributed by atoms with Gasteiger partial charge < -0.3 is 24.8 Å². The fourth-order valence-corrected chi connectivity index (χ4v) is 3.34. The minimum absolute atomic E-state index is 0.0977. The van der Waals surface area contributed by atoms with Crippen molar-refractivity contribution in [3.05, 3.63) is 29.7 Å². The van der Waals surface area contributed by atoms with Gasteiger partial charge in [0.25, 0.3) is 5.91 Å². The van der Waals surface area contributed by atoms with Crippen LogP contribution in [-0.4, -0.2) is 68.8 Å². The molecule has 0 spiro atoms. The van der Waals surface area contributed by atoms with E-state index in [4.69, 9.17) is 9.47 Å². The Kier molecular flexibility index (Phi) is 5.70. The maximum absolute atomic E-state index is 13.0. The van der Waals surface area contributed by atoms with Crippen LogP contribution in [-0.2, 0) is 4.74 Å². The zero-order chi connectivity index (χ0) is 21.3. The molecule has 0 saturated carbocycles. The molecule has 2 amide bonds. The minimum Gasteiger partial charge on any atom is -0.490 e. The molecule has 0 aliphatic carbocycles. The molecule has 9 nitrogen and oxygen atoms in total. The molecule has 1 saturated heterocycles. The van der Waals surface area contributed by atoms with E-state index >= 15 is 0 Å². The summed E-state index contributed by atoms with van der Waals surface area (Å²) in [4.78, 5) is 31.1. The molecule has 1 aliphatic rings. The van der Waals surface area contributed by atoms with Crippen molar-refractivity contribution in [1.29, 1.82) is 0 Å². The third-order valence-electron chi connectivity index (χ3n) is 4.56. The van der Waals surface area contributed by atoms with Crippen molar-refractivity contribution in [2.24, 2.45) is 0 Å². The van der Waals surface area contributed by atoms with Crippen molar-refractivity contribution in [3.8, 4) is 5.75 Å². The molecule has 0 bridgehead atoms. The number of aryl methyl sites for hydroxylation is 1. The van der Waals surface area contributed by atoms with Gasteiger partial charge in [0.15, 0.2) is 11.4 Å². The first-order chi connectivity index (χ1) is 13.6. The summed E-state index contributed by atoms with van der Waals surface area (Å²) in [6.45, 7) is 9.72. The number of aliphatic hydroxyl groups excluding tert-OH is 1. The molecule has 2 atom stereocenters. The predicted octanol–water partition coefficient (Wildman–Crippen LogP) is 1.75. The van der Waals surface area contributed by atoms with E-state index < -0.39 is 23.8 Å². The van der Waals surface area contributed by atoms with Crippen LogP contribution in [0.4, 0.5) is 4.79 Å². The maximum Gasteiger partial charge on any atom is 0.410 e. The number of nitrogens with one attached hydrogen (secondary N) is 1. The van der Waals surface area contributed by atoms with Crippen molar-refractivity contribution in [2.45, 2.75) is 52.4 Å². The van der Waals surface area contributed by atoms with Gasteiger partial charge >= 0.3 is 6.09 Å². The Hall–Kier alpha value is -2.81. The molecule has 0 radical (unpaired) electrons. The highest BCUT2D eigenvalue weighted by molar-refractivity contribution is 5.95. The first-order valence-corrected chi connectivity index (χ1v) is 9.68. The van der Waals surface area contributed by atoms with Gasteiger partial charge in [0.2, 0.25) is 0 Å². The van der Waals surface area contributed by atoms with Crippen LogP contribution in [0, 0.1) is 6.92 Å². The van der Waals surface area contributed by atoms with Crippen LogP contribution in [0.2, 0.25) is 0 Å². The number of aromatic nitrogens is 2. The summed E-state index contributed by atoms with van der Waals surface area (Å²) in [6, 6.07) is 2.98. The SMILES string of the molecule is CCOc1cccn2c(C(=O)NC3CN(C(=O)OC(C)(C)C)CC3O)c(C)nc12. The fourth-order valence-electron chi connectivity index (χ4n) is 3.34. The summed E-state index contributed by atoms with van der Waals surface area (Å²) in [5.74, 6) is 0.216. The Bertz CT molecular complexity index is 917. The van der Waals surface area contributed by atoms with Crippen LogP contribution in [0.5, 0.6) is 5.75 Å². The number of ether oxygens (including phenoxy) is 2. The zero-order valence-electron chi connectivity index (χ0n) is 17.4. The van der Waals surface area contributed by atoms with Crippen molar-refractivity contribution in [1.82, 2.24) is 19.6 Å². The third-order valence-corrected chi connectivity index (χ3v) is 4.56. The fraction of sp³-hybridized carbons (Fsp3) is 0.550. The summed E-state index contributed by atoms with van der Waals surface area (Å²) in [5, 5.41) is 13.2. The molecule has 2 aromatic heterocycles. The standard InChI is InChI=1S/C20H28N4O5/c1-6-28-15-8-7-9-24-16(12(2)21-17(15)24)18(26)22-13-10-23(11-14(13)25)19(27)29-20(3,4)5/h7-9,13-14,25H,6,10-11H2,1-5H3,(H,22,26). The summed E-state index contributed by atoms with van der Waals surface area (Å²) >= 11 is 0. The Labute approximate surface area is 169 Å². The second kappa shape index (κ2) is 7.90. The van der Waals surface area contributed by atoms with Crippen LogP contribution in [0.15, 0.2) is 18.3 Å². The summed E-state index contributed by atoms with van der Waals surface area (Å²) < 4.78 is 12.6. The Morgan fingerprint density at radius 3 is 2.72 bits per heavy atom. The van der Waals surface area contributed by atoms with E-state index in [-0.39, 0.29) is 19.0 Å². The highest BCUT2D eigenvalue weighted by Gasteiger charge is 2.37. The molecule has 3 heterocycles. The monoisotopic (exact) mass is 404 g/mol. The molecule has 9 heteroatoms. The molecule has 2 N–H and O–H groups in total. The number of imidazole rings is 1. The molecule has 1 fully saturated rings. The molecule has 29 heavy (non-hydrogen) atoms. The molecule has 2 aromatic rings. The van der Waals surface area contributed by atoms with Gasteiger partial charge in [0.1, 0.15) is 11.3 Å². The lowest BCUT2D eigenvalue weighted by atomic mass is 10.2. The third kappa shape index (κ3) is 4.45. The van der Waals surface area contributed by atoms with Crippen LogP contribution < -0.4 is 10.1 Å². The van der Waals surface area contributed by atoms with Gasteiger partial charge in [-0.3, -0.25) is 9.20 Å². The van der Waals surface area contributed by atoms with E-state index in [0.717, 1.165) is 0 Å². The number of amides is 2. The normalized spacial score (nSPS) is 19.4. The number of fused-ring (bicyclic) bond motifs is 1. The Balaban J connectivity index is 1.76. The lowest BCUT2D eigenvalue weighted by Crippen LogP contribution is -2.43. The van der Waals surface area contributed by atoms with Crippen molar-refractivity contribution in [2.75, 3.05) is 19.7 Å². The lowest BCUT2D eigenvalue weighted by Gasteiger charge is -2.24.